The first-order valence-corrected chi connectivity index (χ1v) is 7.64. The van der Waals surface area contributed by atoms with E-state index >= 15 is 0 Å². The second-order valence-corrected chi connectivity index (χ2v) is 5.96. The van der Waals surface area contributed by atoms with Crippen molar-refractivity contribution in [2.24, 2.45) is 0 Å². The van der Waals surface area contributed by atoms with Crippen LogP contribution in [0.25, 0.3) is 10.9 Å². The number of aromatic hydroxyl groups is 1. The van der Waals surface area contributed by atoms with E-state index < -0.39 is 0 Å². The van der Waals surface area contributed by atoms with Gasteiger partial charge in [0.25, 0.3) is 0 Å². The van der Waals surface area contributed by atoms with Gasteiger partial charge in [0.1, 0.15) is 18.1 Å². The molecule has 3 aromatic rings. The molecule has 4 heteroatoms. The molecule has 0 spiro atoms. The maximum atomic E-state index is 9.31. The largest absolute Gasteiger partial charge is 0.508 e. The Morgan fingerprint density at radius 1 is 1.14 bits per heavy atom. The van der Waals surface area contributed by atoms with E-state index in [1.165, 1.54) is 0 Å². The topological polar surface area (TPSA) is 34.4 Å². The number of aromatic nitrogens is 1. The van der Waals surface area contributed by atoms with Crippen molar-refractivity contribution in [3.63, 3.8) is 0 Å². The fourth-order valence-corrected chi connectivity index (χ4v) is 2.91. The second-order valence-electron chi connectivity index (χ2n) is 5.55. The van der Waals surface area contributed by atoms with Gasteiger partial charge in [0, 0.05) is 16.5 Å². The van der Waals surface area contributed by atoms with Gasteiger partial charge < -0.3 is 14.4 Å². The molecule has 1 N–H and O–H groups in total. The number of phenols is 1. The molecule has 1 aromatic heterocycles. The normalized spacial score (nSPS) is 11.3. The second kappa shape index (κ2) is 5.93. The molecular weight excluding hydrogens is 298 g/mol. The van der Waals surface area contributed by atoms with Crippen molar-refractivity contribution in [1.82, 2.24) is 4.57 Å². The molecule has 0 saturated carbocycles. The number of nitrogens with zero attached hydrogens (tertiary/aromatic N) is 1. The van der Waals surface area contributed by atoms with Crippen LogP contribution < -0.4 is 4.74 Å². The van der Waals surface area contributed by atoms with Crippen LogP contribution >= 0.6 is 11.6 Å². The third-order valence-corrected chi connectivity index (χ3v) is 3.98. The minimum Gasteiger partial charge on any atom is -0.508 e. The van der Waals surface area contributed by atoms with Crippen LogP contribution in [0, 0.1) is 0 Å². The SMILES string of the molecule is CC(C)n1c(COc2ccc(O)cc2)cc2c(Cl)cccc21. The predicted molar refractivity (Wildman–Crippen MR) is 89.8 cm³/mol. The number of benzene rings is 2. The Morgan fingerprint density at radius 3 is 2.55 bits per heavy atom. The first-order chi connectivity index (χ1) is 10.6. The Labute approximate surface area is 134 Å². The van der Waals surface area contributed by atoms with Gasteiger partial charge in [0.15, 0.2) is 0 Å². The summed E-state index contributed by atoms with van der Waals surface area (Å²) >= 11 is 6.30. The minimum absolute atomic E-state index is 0.232. The van der Waals surface area contributed by atoms with Crippen molar-refractivity contribution in [2.45, 2.75) is 26.5 Å². The van der Waals surface area contributed by atoms with Crippen LogP contribution in [0.4, 0.5) is 0 Å². The van der Waals surface area contributed by atoms with Crippen molar-refractivity contribution >= 4 is 22.5 Å². The van der Waals surface area contributed by atoms with Crippen LogP contribution in [0.2, 0.25) is 5.02 Å². The predicted octanol–water partition coefficient (Wildman–Crippen LogP) is 5.16. The van der Waals surface area contributed by atoms with E-state index in [9.17, 15) is 5.11 Å². The van der Waals surface area contributed by atoms with Gasteiger partial charge in [-0.2, -0.15) is 0 Å². The quantitative estimate of drug-likeness (QED) is 0.721. The Bertz CT molecular complexity index is 791. The molecule has 0 aliphatic heterocycles. The zero-order valence-electron chi connectivity index (χ0n) is 12.6. The van der Waals surface area contributed by atoms with Crippen LogP contribution in [-0.4, -0.2) is 9.67 Å². The highest BCUT2D eigenvalue weighted by atomic mass is 35.5. The molecule has 0 aliphatic carbocycles. The lowest BCUT2D eigenvalue weighted by Gasteiger charge is -2.15. The Hall–Kier alpha value is -2.13. The summed E-state index contributed by atoms with van der Waals surface area (Å²) < 4.78 is 8.07. The fourth-order valence-electron chi connectivity index (χ4n) is 2.69. The third-order valence-electron chi connectivity index (χ3n) is 3.65. The zero-order chi connectivity index (χ0) is 15.7. The van der Waals surface area contributed by atoms with E-state index in [1.807, 2.05) is 12.1 Å². The molecule has 0 unspecified atom stereocenters. The standard InChI is InChI=1S/C18H18ClNO2/c1-12(2)20-13(10-16-17(19)4-3-5-18(16)20)11-22-15-8-6-14(21)7-9-15/h3-10,12,21H,11H2,1-2H3. The number of hydrogen-bond donors (Lipinski definition) is 1. The summed E-state index contributed by atoms with van der Waals surface area (Å²) in [4.78, 5) is 0. The monoisotopic (exact) mass is 315 g/mol. The molecule has 0 radical (unpaired) electrons. The molecule has 0 amide bonds. The highest BCUT2D eigenvalue weighted by Gasteiger charge is 2.13. The van der Waals surface area contributed by atoms with Crippen LogP contribution in [0.3, 0.4) is 0 Å². The van der Waals surface area contributed by atoms with Crippen molar-refractivity contribution in [1.29, 1.82) is 0 Å². The van der Waals surface area contributed by atoms with Crippen molar-refractivity contribution in [3.8, 4) is 11.5 Å². The number of fused-ring (bicyclic) bond motifs is 1. The number of phenolic OH excluding ortho intramolecular Hbond substituents is 1. The third kappa shape index (κ3) is 2.77. The maximum absolute atomic E-state index is 9.31. The lowest BCUT2D eigenvalue weighted by molar-refractivity contribution is 0.292. The van der Waals surface area contributed by atoms with E-state index in [1.54, 1.807) is 24.3 Å². The van der Waals surface area contributed by atoms with Gasteiger partial charge in [-0.1, -0.05) is 17.7 Å². The molecular formula is C18H18ClNO2. The van der Waals surface area contributed by atoms with E-state index in [-0.39, 0.29) is 5.75 Å². The molecule has 0 atom stereocenters. The van der Waals surface area contributed by atoms with E-state index in [4.69, 9.17) is 16.3 Å². The Morgan fingerprint density at radius 2 is 1.86 bits per heavy atom. The van der Waals surface area contributed by atoms with Gasteiger partial charge in [-0.15, -0.1) is 0 Å². The summed E-state index contributed by atoms with van der Waals surface area (Å²) in [6, 6.07) is 15.1. The molecule has 0 saturated heterocycles. The molecule has 2 aromatic carbocycles. The molecule has 0 bridgehead atoms. The Kier molecular flexibility index (Phi) is 3.99. The van der Waals surface area contributed by atoms with Gasteiger partial charge in [-0.05, 0) is 56.3 Å². The summed E-state index contributed by atoms with van der Waals surface area (Å²) in [5.41, 5.74) is 2.19. The van der Waals surface area contributed by atoms with Gasteiger partial charge in [0.2, 0.25) is 0 Å². The van der Waals surface area contributed by atoms with Gasteiger partial charge in [0.05, 0.1) is 11.2 Å². The Balaban J connectivity index is 1.94. The average molecular weight is 316 g/mol. The average Bonchev–Trinajstić information content (AvgIpc) is 2.87. The molecule has 1 heterocycles. The van der Waals surface area contributed by atoms with Crippen LogP contribution in [0.15, 0.2) is 48.5 Å². The lowest BCUT2D eigenvalue weighted by Crippen LogP contribution is -2.08. The van der Waals surface area contributed by atoms with Crippen LogP contribution in [0.1, 0.15) is 25.6 Å². The summed E-state index contributed by atoms with van der Waals surface area (Å²) in [5.74, 6) is 0.958. The highest BCUT2D eigenvalue weighted by Crippen LogP contribution is 2.30. The minimum atomic E-state index is 0.232. The maximum Gasteiger partial charge on any atom is 0.128 e. The van der Waals surface area contributed by atoms with E-state index in [0.717, 1.165) is 27.4 Å². The fraction of sp³-hybridized carbons (Fsp3) is 0.222. The molecule has 22 heavy (non-hydrogen) atoms. The van der Waals surface area contributed by atoms with Crippen molar-refractivity contribution in [3.05, 3.63) is 59.2 Å². The van der Waals surface area contributed by atoms with Crippen molar-refractivity contribution < 1.29 is 9.84 Å². The van der Waals surface area contributed by atoms with Gasteiger partial charge >= 0.3 is 0 Å². The lowest BCUT2D eigenvalue weighted by atomic mass is 10.2. The van der Waals surface area contributed by atoms with Gasteiger partial charge in [-0.3, -0.25) is 0 Å². The first kappa shape index (κ1) is 14.8. The molecule has 0 fully saturated rings. The number of ether oxygens (including phenoxy) is 1. The van der Waals surface area contributed by atoms with Crippen molar-refractivity contribution in [2.75, 3.05) is 0 Å². The molecule has 3 nitrogen and oxygen atoms in total. The zero-order valence-corrected chi connectivity index (χ0v) is 13.3. The van der Waals surface area contributed by atoms with Crippen LogP contribution in [0.5, 0.6) is 11.5 Å². The van der Waals surface area contributed by atoms with Gasteiger partial charge in [-0.25, -0.2) is 0 Å². The summed E-state index contributed by atoms with van der Waals surface area (Å²) in [7, 11) is 0. The summed E-state index contributed by atoms with van der Waals surface area (Å²) in [6.45, 7) is 4.74. The number of hydrogen-bond acceptors (Lipinski definition) is 2. The first-order valence-electron chi connectivity index (χ1n) is 7.26. The van der Waals surface area contributed by atoms with E-state index in [0.29, 0.717) is 12.6 Å². The molecule has 3 rings (SSSR count). The summed E-state index contributed by atoms with van der Waals surface area (Å²) in [5, 5.41) is 11.1. The number of halogens is 1. The summed E-state index contributed by atoms with van der Waals surface area (Å²) in [6.07, 6.45) is 0. The van der Waals surface area contributed by atoms with E-state index in [2.05, 4.69) is 30.5 Å². The molecule has 114 valence electrons. The van der Waals surface area contributed by atoms with Crippen LogP contribution in [-0.2, 0) is 6.61 Å². The molecule has 0 aliphatic rings. The highest BCUT2D eigenvalue weighted by molar-refractivity contribution is 6.35. The number of rotatable bonds is 4. The smallest absolute Gasteiger partial charge is 0.128 e.